The number of amides is 2. The third-order valence-corrected chi connectivity index (χ3v) is 5.70. The lowest BCUT2D eigenvalue weighted by Gasteiger charge is -2.28. The summed E-state index contributed by atoms with van der Waals surface area (Å²) < 4.78 is 5.31. The van der Waals surface area contributed by atoms with Gasteiger partial charge in [-0.25, -0.2) is 0 Å². The fraction of sp³-hybridized carbons (Fsp3) is 0.619. The smallest absolute Gasteiger partial charge is 0.254 e. The largest absolute Gasteiger partial charge is 0.378 e. The third kappa shape index (κ3) is 5.93. The van der Waals surface area contributed by atoms with E-state index in [9.17, 15) is 9.59 Å². The minimum absolute atomic E-state index is 0. The van der Waals surface area contributed by atoms with Gasteiger partial charge in [-0.2, -0.15) is 0 Å². The summed E-state index contributed by atoms with van der Waals surface area (Å²) in [7, 11) is 0. The number of nitrogens with zero attached hydrogens (tertiary/aromatic N) is 1. The number of ether oxygens (including phenoxy) is 1. The van der Waals surface area contributed by atoms with Crippen molar-refractivity contribution in [3.05, 3.63) is 29.3 Å². The predicted molar refractivity (Wildman–Crippen MR) is 113 cm³/mol. The third-order valence-electron chi connectivity index (χ3n) is 5.70. The van der Waals surface area contributed by atoms with Gasteiger partial charge in [-0.15, -0.1) is 12.4 Å². The number of hydrogen-bond donors (Lipinski definition) is 2. The Morgan fingerprint density at radius 1 is 1.32 bits per heavy atom. The molecule has 2 unspecified atom stereocenters. The average Bonchev–Trinajstić information content (AvgIpc) is 2.70. The molecule has 1 aromatic carbocycles. The molecule has 6 nitrogen and oxygen atoms in total. The molecule has 2 atom stereocenters. The normalized spacial score (nSPS) is 20.8. The highest BCUT2D eigenvalue weighted by Crippen LogP contribution is 2.24. The highest BCUT2D eigenvalue weighted by molar-refractivity contribution is 5.97. The van der Waals surface area contributed by atoms with Crippen molar-refractivity contribution in [1.29, 1.82) is 0 Å². The summed E-state index contributed by atoms with van der Waals surface area (Å²) in [5, 5.41) is 6.44. The molecule has 0 spiro atoms. The average molecular weight is 410 g/mol. The van der Waals surface area contributed by atoms with E-state index < -0.39 is 0 Å². The standard InChI is InChI=1S/C21H31N3O3.ClH/c1-15-5-6-17(21(26)24-8-10-27-11-9-24)13-19(15)23-20(25)12-16(2)18-4-3-7-22-14-18;/h5-6,13,16,18,22H,3-4,7-12,14H2,1-2H3,(H,23,25);1H. The Bertz CT molecular complexity index is 671. The molecule has 0 bridgehead atoms. The first-order chi connectivity index (χ1) is 13.0. The molecular weight excluding hydrogens is 378 g/mol. The SMILES string of the molecule is Cc1ccc(C(=O)N2CCOCC2)cc1NC(=O)CC(C)C1CCCNC1.Cl. The van der Waals surface area contributed by atoms with E-state index in [1.54, 1.807) is 11.0 Å². The maximum atomic E-state index is 12.7. The van der Waals surface area contributed by atoms with Crippen molar-refractivity contribution in [3.8, 4) is 0 Å². The molecule has 2 amide bonds. The zero-order valence-electron chi connectivity index (χ0n) is 16.8. The number of hydrogen-bond acceptors (Lipinski definition) is 4. The summed E-state index contributed by atoms with van der Waals surface area (Å²) in [5.74, 6) is 0.915. The van der Waals surface area contributed by atoms with Crippen LogP contribution in [-0.4, -0.2) is 56.1 Å². The van der Waals surface area contributed by atoms with Crippen LogP contribution in [0.2, 0.25) is 0 Å². The molecule has 3 rings (SSSR count). The minimum atomic E-state index is -0.00422. The first kappa shape index (κ1) is 22.7. The number of carbonyl (C=O) groups is 2. The maximum Gasteiger partial charge on any atom is 0.254 e. The van der Waals surface area contributed by atoms with Crippen molar-refractivity contribution < 1.29 is 14.3 Å². The van der Waals surface area contributed by atoms with Gasteiger partial charge in [0.1, 0.15) is 0 Å². The van der Waals surface area contributed by atoms with Crippen LogP contribution >= 0.6 is 12.4 Å². The van der Waals surface area contributed by atoms with Crippen LogP contribution in [0.1, 0.15) is 42.1 Å². The molecule has 28 heavy (non-hydrogen) atoms. The monoisotopic (exact) mass is 409 g/mol. The van der Waals surface area contributed by atoms with Gasteiger partial charge in [-0.3, -0.25) is 9.59 Å². The van der Waals surface area contributed by atoms with Crippen LogP contribution in [0.25, 0.3) is 0 Å². The molecular formula is C21H32ClN3O3. The highest BCUT2D eigenvalue weighted by atomic mass is 35.5. The van der Waals surface area contributed by atoms with Gasteiger partial charge in [-0.1, -0.05) is 13.0 Å². The molecule has 156 valence electrons. The molecule has 7 heteroatoms. The number of anilines is 1. The molecule has 0 aromatic heterocycles. The fourth-order valence-corrected chi connectivity index (χ4v) is 3.86. The molecule has 2 saturated heterocycles. The Morgan fingerprint density at radius 3 is 2.75 bits per heavy atom. The first-order valence-electron chi connectivity index (χ1n) is 10.0. The zero-order valence-corrected chi connectivity index (χ0v) is 17.6. The van der Waals surface area contributed by atoms with Crippen LogP contribution in [0.5, 0.6) is 0 Å². The number of rotatable bonds is 5. The second-order valence-corrected chi connectivity index (χ2v) is 7.77. The number of halogens is 1. The molecule has 2 aliphatic rings. The summed E-state index contributed by atoms with van der Waals surface area (Å²) in [6.07, 6.45) is 2.87. The van der Waals surface area contributed by atoms with E-state index in [1.165, 1.54) is 12.8 Å². The van der Waals surface area contributed by atoms with Crippen molar-refractivity contribution in [3.63, 3.8) is 0 Å². The molecule has 2 fully saturated rings. The second-order valence-electron chi connectivity index (χ2n) is 7.77. The predicted octanol–water partition coefficient (Wildman–Crippen LogP) is 2.85. The number of benzene rings is 1. The minimum Gasteiger partial charge on any atom is -0.378 e. The van der Waals surface area contributed by atoms with E-state index in [2.05, 4.69) is 17.6 Å². The molecule has 2 heterocycles. The number of morpholine rings is 1. The van der Waals surface area contributed by atoms with Gasteiger partial charge < -0.3 is 20.3 Å². The summed E-state index contributed by atoms with van der Waals surface area (Å²) in [6, 6.07) is 5.54. The van der Waals surface area contributed by atoms with Gasteiger partial charge in [0.2, 0.25) is 5.91 Å². The fourth-order valence-electron chi connectivity index (χ4n) is 3.86. The van der Waals surface area contributed by atoms with Crippen LogP contribution in [0.15, 0.2) is 18.2 Å². The van der Waals surface area contributed by atoms with Gasteiger partial charge >= 0.3 is 0 Å². The van der Waals surface area contributed by atoms with E-state index in [0.29, 0.717) is 50.1 Å². The van der Waals surface area contributed by atoms with Gasteiger partial charge in [-0.05, 0) is 62.4 Å². The van der Waals surface area contributed by atoms with Crippen LogP contribution in [0, 0.1) is 18.8 Å². The Kier molecular flexibility index (Phi) is 8.73. The van der Waals surface area contributed by atoms with Crippen molar-refractivity contribution in [2.45, 2.75) is 33.1 Å². The number of piperidine rings is 1. The maximum absolute atomic E-state index is 12.7. The first-order valence-corrected chi connectivity index (χ1v) is 10.0. The Hall–Kier alpha value is -1.63. The number of nitrogens with one attached hydrogen (secondary N) is 2. The van der Waals surface area contributed by atoms with Crippen LogP contribution in [0.3, 0.4) is 0 Å². The Labute approximate surface area is 173 Å². The van der Waals surface area contributed by atoms with Gasteiger partial charge in [0.15, 0.2) is 0 Å². The molecule has 0 radical (unpaired) electrons. The van der Waals surface area contributed by atoms with E-state index in [-0.39, 0.29) is 24.2 Å². The van der Waals surface area contributed by atoms with Gasteiger partial charge in [0.25, 0.3) is 5.91 Å². The lowest BCUT2D eigenvalue weighted by atomic mass is 9.85. The van der Waals surface area contributed by atoms with Crippen molar-refractivity contribution in [1.82, 2.24) is 10.2 Å². The lowest BCUT2D eigenvalue weighted by molar-refractivity contribution is -0.117. The molecule has 0 aliphatic carbocycles. The van der Waals surface area contributed by atoms with E-state index in [0.717, 1.165) is 24.3 Å². The van der Waals surface area contributed by atoms with Crippen LogP contribution in [-0.2, 0) is 9.53 Å². The van der Waals surface area contributed by atoms with Crippen molar-refractivity contribution in [2.24, 2.45) is 11.8 Å². The van der Waals surface area contributed by atoms with E-state index in [4.69, 9.17) is 4.74 Å². The zero-order chi connectivity index (χ0) is 19.2. The van der Waals surface area contributed by atoms with Gasteiger partial charge in [0, 0.05) is 30.8 Å². The Balaban J connectivity index is 0.00000280. The number of aryl methyl sites for hydroxylation is 1. The highest BCUT2D eigenvalue weighted by Gasteiger charge is 2.23. The molecule has 2 aliphatic heterocycles. The quantitative estimate of drug-likeness (QED) is 0.784. The summed E-state index contributed by atoms with van der Waals surface area (Å²) in [6.45, 7) is 8.57. The summed E-state index contributed by atoms with van der Waals surface area (Å²) >= 11 is 0. The topological polar surface area (TPSA) is 70.7 Å². The lowest BCUT2D eigenvalue weighted by Crippen LogP contribution is -2.40. The van der Waals surface area contributed by atoms with Gasteiger partial charge in [0.05, 0.1) is 13.2 Å². The number of carbonyl (C=O) groups excluding carboxylic acids is 2. The summed E-state index contributed by atoms with van der Waals surface area (Å²) in [5.41, 5.74) is 2.31. The van der Waals surface area contributed by atoms with Crippen LogP contribution in [0.4, 0.5) is 5.69 Å². The van der Waals surface area contributed by atoms with Crippen molar-refractivity contribution >= 4 is 29.9 Å². The summed E-state index contributed by atoms with van der Waals surface area (Å²) in [4.78, 5) is 27.0. The molecule has 0 saturated carbocycles. The molecule has 2 N–H and O–H groups in total. The van der Waals surface area contributed by atoms with E-state index >= 15 is 0 Å². The van der Waals surface area contributed by atoms with Crippen LogP contribution < -0.4 is 10.6 Å². The molecule has 1 aromatic rings. The van der Waals surface area contributed by atoms with E-state index in [1.807, 2.05) is 19.1 Å². The second kappa shape index (κ2) is 10.8. The van der Waals surface area contributed by atoms with Crippen molar-refractivity contribution in [2.75, 3.05) is 44.7 Å². The Morgan fingerprint density at radius 2 is 2.07 bits per heavy atom.